The number of unbranched alkanes of at least 4 members (excludes halogenated alkanes) is 1. The molecule has 3 aromatic rings. The van der Waals surface area contributed by atoms with Crippen molar-refractivity contribution in [3.8, 4) is 5.75 Å². The normalized spacial score (nSPS) is 14.7. The Hall–Kier alpha value is -2.99. The van der Waals surface area contributed by atoms with E-state index in [1.165, 1.54) is 11.3 Å². The number of hydrogen-bond acceptors (Lipinski definition) is 5. The van der Waals surface area contributed by atoms with Crippen LogP contribution in [-0.4, -0.2) is 57.2 Å². The van der Waals surface area contributed by atoms with Crippen LogP contribution in [0.2, 0.25) is 0 Å². The number of rotatable bonds is 8. The van der Waals surface area contributed by atoms with Gasteiger partial charge in [0.2, 0.25) is 0 Å². The maximum atomic E-state index is 12.4. The highest BCUT2D eigenvalue weighted by molar-refractivity contribution is 5.97. The summed E-state index contributed by atoms with van der Waals surface area (Å²) in [6.45, 7) is 8.16. The van der Waals surface area contributed by atoms with Crippen LogP contribution in [0.15, 0.2) is 52.9 Å². The minimum atomic E-state index is -0.176. The molecule has 31 heavy (non-hydrogen) atoms. The van der Waals surface area contributed by atoms with Crippen LogP contribution in [0.1, 0.15) is 29.0 Å². The first-order valence-electron chi connectivity index (χ1n) is 11.0. The standard InChI is InChI=1S/C25H31N3O3/c1-19-7-5-9-21(17-19)28-15-13-27(14-16-28)12-4-3-11-26-25(29)23-18-20-8-6-10-22(30-2)24(20)31-23/h5-10,17-18H,3-4,11-16H2,1-2H3,(H,26,29). The number of anilines is 1. The second-order valence-electron chi connectivity index (χ2n) is 8.12. The van der Waals surface area contributed by atoms with Crippen LogP contribution in [0.3, 0.4) is 0 Å². The molecule has 2 heterocycles. The molecule has 1 fully saturated rings. The zero-order valence-corrected chi connectivity index (χ0v) is 18.4. The molecule has 1 aliphatic rings. The average Bonchev–Trinajstić information content (AvgIpc) is 3.24. The van der Waals surface area contributed by atoms with Crippen LogP contribution >= 0.6 is 0 Å². The number of furan rings is 1. The molecule has 1 N–H and O–H groups in total. The summed E-state index contributed by atoms with van der Waals surface area (Å²) < 4.78 is 11.0. The lowest BCUT2D eigenvalue weighted by atomic mass is 10.2. The Bertz CT molecular complexity index is 1020. The third-order valence-electron chi connectivity index (χ3n) is 5.88. The highest BCUT2D eigenvalue weighted by atomic mass is 16.5. The number of amides is 1. The summed E-state index contributed by atoms with van der Waals surface area (Å²) in [6, 6.07) is 16.1. The number of carbonyl (C=O) groups is 1. The monoisotopic (exact) mass is 421 g/mol. The number of methoxy groups -OCH3 is 1. The van der Waals surface area contributed by atoms with Crippen LogP contribution in [0.25, 0.3) is 11.0 Å². The molecule has 1 aromatic heterocycles. The number of nitrogens with one attached hydrogen (secondary N) is 1. The van der Waals surface area contributed by atoms with E-state index < -0.39 is 0 Å². The van der Waals surface area contributed by atoms with E-state index in [0.29, 0.717) is 23.6 Å². The Morgan fingerprint density at radius 3 is 2.65 bits per heavy atom. The fourth-order valence-electron chi connectivity index (χ4n) is 4.11. The molecule has 1 saturated heterocycles. The summed E-state index contributed by atoms with van der Waals surface area (Å²) in [7, 11) is 1.60. The van der Waals surface area contributed by atoms with E-state index >= 15 is 0 Å². The first kappa shape index (κ1) is 21.2. The smallest absolute Gasteiger partial charge is 0.287 e. The zero-order valence-electron chi connectivity index (χ0n) is 18.4. The Kier molecular flexibility index (Phi) is 6.77. The topological polar surface area (TPSA) is 58.0 Å². The third-order valence-corrected chi connectivity index (χ3v) is 5.88. The van der Waals surface area contributed by atoms with Crippen molar-refractivity contribution in [3.05, 3.63) is 59.9 Å². The van der Waals surface area contributed by atoms with E-state index in [2.05, 4.69) is 46.3 Å². The van der Waals surface area contributed by atoms with E-state index in [0.717, 1.165) is 51.0 Å². The predicted octanol–water partition coefficient (Wildman–Crippen LogP) is 4.08. The third kappa shape index (κ3) is 5.20. The minimum absolute atomic E-state index is 0.176. The summed E-state index contributed by atoms with van der Waals surface area (Å²) >= 11 is 0. The Morgan fingerprint density at radius 2 is 1.87 bits per heavy atom. The van der Waals surface area contributed by atoms with Gasteiger partial charge in [-0.05, 0) is 56.1 Å². The predicted molar refractivity (Wildman–Crippen MR) is 124 cm³/mol. The van der Waals surface area contributed by atoms with Crippen molar-refractivity contribution >= 4 is 22.6 Å². The first-order chi connectivity index (χ1) is 15.1. The number of hydrogen-bond donors (Lipinski definition) is 1. The van der Waals surface area contributed by atoms with Gasteiger partial charge in [-0.3, -0.25) is 9.69 Å². The molecule has 4 rings (SSSR count). The number of aryl methyl sites for hydroxylation is 1. The average molecular weight is 422 g/mol. The van der Waals surface area contributed by atoms with Gasteiger partial charge in [-0.25, -0.2) is 0 Å². The maximum absolute atomic E-state index is 12.4. The van der Waals surface area contributed by atoms with Gasteiger partial charge in [-0.15, -0.1) is 0 Å². The molecule has 0 spiro atoms. The SMILES string of the molecule is COc1cccc2cc(C(=O)NCCCCN3CCN(c4cccc(C)c4)CC3)oc12. The largest absolute Gasteiger partial charge is 0.493 e. The molecular weight excluding hydrogens is 390 g/mol. The first-order valence-corrected chi connectivity index (χ1v) is 11.0. The molecule has 2 aromatic carbocycles. The highest BCUT2D eigenvalue weighted by Crippen LogP contribution is 2.28. The molecular formula is C25H31N3O3. The number of ether oxygens (including phenoxy) is 1. The van der Waals surface area contributed by atoms with Crippen LogP contribution in [0.5, 0.6) is 5.75 Å². The van der Waals surface area contributed by atoms with Gasteiger partial charge in [0.25, 0.3) is 5.91 Å². The number of fused-ring (bicyclic) bond motifs is 1. The molecule has 0 saturated carbocycles. The van der Waals surface area contributed by atoms with Gasteiger partial charge in [-0.1, -0.05) is 24.3 Å². The van der Waals surface area contributed by atoms with Crippen molar-refractivity contribution < 1.29 is 13.9 Å². The molecule has 6 heteroatoms. The van der Waals surface area contributed by atoms with Crippen molar-refractivity contribution in [2.75, 3.05) is 51.3 Å². The van der Waals surface area contributed by atoms with Gasteiger partial charge < -0.3 is 19.4 Å². The van der Waals surface area contributed by atoms with Gasteiger partial charge in [0.05, 0.1) is 7.11 Å². The van der Waals surface area contributed by atoms with Gasteiger partial charge in [-0.2, -0.15) is 0 Å². The number of carbonyl (C=O) groups excluding carboxylic acids is 1. The molecule has 0 aliphatic carbocycles. The molecule has 1 amide bonds. The van der Waals surface area contributed by atoms with E-state index in [1.54, 1.807) is 13.2 Å². The van der Waals surface area contributed by atoms with Crippen molar-refractivity contribution in [2.24, 2.45) is 0 Å². The van der Waals surface area contributed by atoms with Gasteiger partial charge in [0.1, 0.15) is 0 Å². The van der Waals surface area contributed by atoms with Crippen LogP contribution in [0, 0.1) is 6.92 Å². The Balaban J connectivity index is 1.16. The number of benzene rings is 2. The quantitative estimate of drug-likeness (QED) is 0.556. The lowest BCUT2D eigenvalue weighted by Gasteiger charge is -2.36. The van der Waals surface area contributed by atoms with Crippen LogP contribution < -0.4 is 15.0 Å². The zero-order chi connectivity index (χ0) is 21.6. The Morgan fingerprint density at radius 1 is 1.06 bits per heavy atom. The van der Waals surface area contributed by atoms with Crippen LogP contribution in [-0.2, 0) is 0 Å². The van der Waals surface area contributed by atoms with E-state index in [4.69, 9.17) is 9.15 Å². The van der Waals surface area contributed by atoms with Gasteiger partial charge in [0, 0.05) is 43.8 Å². The second kappa shape index (κ2) is 9.88. The van der Waals surface area contributed by atoms with Crippen molar-refractivity contribution in [1.29, 1.82) is 0 Å². The number of nitrogens with zero attached hydrogens (tertiary/aromatic N) is 2. The molecule has 0 atom stereocenters. The number of piperazine rings is 1. The maximum Gasteiger partial charge on any atom is 0.287 e. The van der Waals surface area contributed by atoms with Crippen molar-refractivity contribution in [3.63, 3.8) is 0 Å². The van der Waals surface area contributed by atoms with Crippen LogP contribution in [0.4, 0.5) is 5.69 Å². The van der Waals surface area contributed by atoms with E-state index in [-0.39, 0.29) is 5.91 Å². The molecule has 0 radical (unpaired) electrons. The van der Waals surface area contributed by atoms with E-state index in [1.807, 2.05) is 18.2 Å². The lowest BCUT2D eigenvalue weighted by Crippen LogP contribution is -2.46. The van der Waals surface area contributed by atoms with Gasteiger partial charge >= 0.3 is 0 Å². The fraction of sp³-hybridized carbons (Fsp3) is 0.400. The molecule has 6 nitrogen and oxygen atoms in total. The molecule has 0 unspecified atom stereocenters. The second-order valence-corrected chi connectivity index (χ2v) is 8.12. The summed E-state index contributed by atoms with van der Waals surface area (Å²) in [6.07, 6.45) is 2.02. The Labute approximate surface area is 183 Å². The fourth-order valence-corrected chi connectivity index (χ4v) is 4.11. The number of para-hydroxylation sites is 1. The van der Waals surface area contributed by atoms with E-state index in [9.17, 15) is 4.79 Å². The highest BCUT2D eigenvalue weighted by Gasteiger charge is 2.17. The minimum Gasteiger partial charge on any atom is -0.493 e. The molecule has 164 valence electrons. The summed E-state index contributed by atoms with van der Waals surface area (Å²) in [5.74, 6) is 0.788. The summed E-state index contributed by atoms with van der Waals surface area (Å²) in [5, 5.41) is 3.84. The lowest BCUT2D eigenvalue weighted by molar-refractivity contribution is 0.0927. The summed E-state index contributed by atoms with van der Waals surface area (Å²) in [5.41, 5.74) is 3.24. The summed E-state index contributed by atoms with van der Waals surface area (Å²) in [4.78, 5) is 17.4. The molecule has 1 aliphatic heterocycles. The van der Waals surface area contributed by atoms with Crippen molar-refractivity contribution in [1.82, 2.24) is 10.2 Å². The van der Waals surface area contributed by atoms with Crippen molar-refractivity contribution in [2.45, 2.75) is 19.8 Å². The van der Waals surface area contributed by atoms with Gasteiger partial charge in [0.15, 0.2) is 17.1 Å². The molecule has 0 bridgehead atoms.